The number of H-pyrrole nitrogens is 1. The first kappa shape index (κ1) is 12.3. The Morgan fingerprint density at radius 2 is 2.26 bits per heavy atom. The fraction of sp³-hybridized carbons (Fsp3) is 0.462. The van der Waals surface area contributed by atoms with E-state index < -0.39 is 11.7 Å². The zero-order valence-electron chi connectivity index (χ0n) is 10.2. The Kier molecular flexibility index (Phi) is 2.89. The van der Waals surface area contributed by atoms with E-state index in [0.29, 0.717) is 5.52 Å². The molecule has 0 spiro atoms. The highest BCUT2D eigenvalue weighted by molar-refractivity contribution is 5.72. The van der Waals surface area contributed by atoms with Gasteiger partial charge < -0.3 is 9.73 Å². The van der Waals surface area contributed by atoms with Crippen LogP contribution in [-0.2, 0) is 5.92 Å². The summed E-state index contributed by atoms with van der Waals surface area (Å²) in [6.45, 7) is 0.798. The van der Waals surface area contributed by atoms with Gasteiger partial charge in [-0.05, 0) is 31.5 Å². The van der Waals surface area contributed by atoms with Crippen LogP contribution in [0.5, 0.6) is 0 Å². The molecule has 1 saturated heterocycles. The third-order valence-electron chi connectivity index (χ3n) is 3.51. The molecular formula is C13H14F2N2O2. The molecule has 19 heavy (non-hydrogen) atoms. The number of aromatic nitrogens is 1. The van der Waals surface area contributed by atoms with Gasteiger partial charge in [0, 0.05) is 18.0 Å². The van der Waals surface area contributed by atoms with E-state index in [0.717, 1.165) is 19.4 Å². The van der Waals surface area contributed by atoms with Gasteiger partial charge in [0.1, 0.15) is 0 Å². The first-order chi connectivity index (χ1) is 9.04. The van der Waals surface area contributed by atoms with Crippen LogP contribution in [0.25, 0.3) is 11.1 Å². The van der Waals surface area contributed by atoms with Gasteiger partial charge in [-0.2, -0.15) is 0 Å². The van der Waals surface area contributed by atoms with Crippen LogP contribution in [0.4, 0.5) is 8.78 Å². The number of fused-ring (bicyclic) bond motifs is 1. The van der Waals surface area contributed by atoms with Crippen molar-refractivity contribution in [2.75, 3.05) is 6.54 Å². The lowest BCUT2D eigenvalue weighted by molar-refractivity contribution is -0.0212. The number of nitrogens with one attached hydrogen (secondary N) is 2. The lowest BCUT2D eigenvalue weighted by atomic mass is 10.00. The molecule has 1 unspecified atom stereocenters. The van der Waals surface area contributed by atoms with Crippen molar-refractivity contribution in [3.05, 3.63) is 34.3 Å². The van der Waals surface area contributed by atoms with Gasteiger partial charge in [-0.15, -0.1) is 0 Å². The number of alkyl halides is 2. The fourth-order valence-electron chi connectivity index (χ4n) is 2.53. The van der Waals surface area contributed by atoms with Gasteiger partial charge in [-0.25, -0.2) is 13.6 Å². The maximum absolute atomic E-state index is 14.2. The van der Waals surface area contributed by atoms with Crippen LogP contribution in [0.15, 0.2) is 27.4 Å². The zero-order chi connectivity index (χ0) is 13.5. The molecule has 102 valence electrons. The van der Waals surface area contributed by atoms with E-state index in [1.807, 2.05) is 0 Å². The second kappa shape index (κ2) is 4.45. The van der Waals surface area contributed by atoms with E-state index in [9.17, 15) is 13.6 Å². The second-order valence-corrected chi connectivity index (χ2v) is 4.93. The highest BCUT2D eigenvalue weighted by Crippen LogP contribution is 2.35. The number of benzene rings is 1. The third-order valence-corrected chi connectivity index (χ3v) is 3.51. The molecule has 1 aromatic heterocycles. The van der Waals surface area contributed by atoms with Crippen molar-refractivity contribution in [3.8, 4) is 0 Å². The molecule has 1 fully saturated rings. The van der Waals surface area contributed by atoms with Crippen LogP contribution in [0.3, 0.4) is 0 Å². The zero-order valence-corrected chi connectivity index (χ0v) is 10.2. The lowest BCUT2D eigenvalue weighted by Crippen LogP contribution is -2.29. The van der Waals surface area contributed by atoms with E-state index in [2.05, 4.69) is 10.3 Å². The largest absolute Gasteiger partial charge is 0.417 e. The maximum Gasteiger partial charge on any atom is 0.417 e. The predicted octanol–water partition coefficient (Wildman–Crippen LogP) is 2.36. The average Bonchev–Trinajstić information content (AvgIpc) is 2.95. The summed E-state index contributed by atoms with van der Waals surface area (Å²) >= 11 is 0. The van der Waals surface area contributed by atoms with Gasteiger partial charge in [-0.1, -0.05) is 6.07 Å². The summed E-state index contributed by atoms with van der Waals surface area (Å²) < 4.78 is 33.2. The Morgan fingerprint density at radius 3 is 3.00 bits per heavy atom. The summed E-state index contributed by atoms with van der Waals surface area (Å²) in [6.07, 6.45) is 1.48. The molecule has 1 aromatic carbocycles. The number of hydrogen-bond donors (Lipinski definition) is 2. The number of halogens is 2. The SMILES string of the molecule is O=c1[nH]c2ccc(C(F)(F)CC3CCCN3)cc2o1. The quantitative estimate of drug-likeness (QED) is 0.898. The fourth-order valence-corrected chi connectivity index (χ4v) is 2.53. The van der Waals surface area contributed by atoms with Crippen molar-refractivity contribution in [1.82, 2.24) is 10.3 Å². The summed E-state index contributed by atoms with van der Waals surface area (Å²) in [5.41, 5.74) is 0.488. The number of aromatic amines is 1. The molecule has 0 aliphatic carbocycles. The Balaban J connectivity index is 1.90. The molecule has 0 amide bonds. The summed E-state index contributed by atoms with van der Waals surface area (Å²) in [5.74, 6) is -3.56. The van der Waals surface area contributed by atoms with Crippen molar-refractivity contribution in [1.29, 1.82) is 0 Å². The molecule has 2 N–H and O–H groups in total. The van der Waals surface area contributed by atoms with Gasteiger partial charge in [0.15, 0.2) is 5.58 Å². The minimum absolute atomic E-state index is 0.114. The van der Waals surface area contributed by atoms with Crippen molar-refractivity contribution in [2.24, 2.45) is 0 Å². The van der Waals surface area contributed by atoms with Crippen molar-refractivity contribution in [2.45, 2.75) is 31.2 Å². The van der Waals surface area contributed by atoms with Crippen LogP contribution < -0.4 is 11.1 Å². The molecule has 3 rings (SSSR count). The van der Waals surface area contributed by atoms with Gasteiger partial charge in [0.05, 0.1) is 5.52 Å². The Labute approximate surface area is 107 Å². The molecule has 2 heterocycles. The Hall–Kier alpha value is -1.69. The normalized spacial score (nSPS) is 20.2. The first-order valence-electron chi connectivity index (χ1n) is 6.29. The van der Waals surface area contributed by atoms with E-state index in [4.69, 9.17) is 4.42 Å². The molecule has 0 bridgehead atoms. The molecule has 2 aromatic rings. The number of oxazole rings is 1. The number of hydrogen-bond acceptors (Lipinski definition) is 3. The lowest BCUT2D eigenvalue weighted by Gasteiger charge is -2.20. The molecular weight excluding hydrogens is 254 g/mol. The van der Waals surface area contributed by atoms with Gasteiger partial charge in [0.25, 0.3) is 5.92 Å². The highest BCUT2D eigenvalue weighted by atomic mass is 19.3. The van der Waals surface area contributed by atoms with E-state index in [1.54, 1.807) is 0 Å². The Morgan fingerprint density at radius 1 is 1.42 bits per heavy atom. The molecule has 1 aliphatic heterocycles. The third kappa shape index (κ3) is 2.40. The summed E-state index contributed by atoms with van der Waals surface area (Å²) in [5, 5.41) is 3.06. The van der Waals surface area contributed by atoms with Crippen LogP contribution in [-0.4, -0.2) is 17.6 Å². The van der Waals surface area contributed by atoms with E-state index >= 15 is 0 Å². The van der Waals surface area contributed by atoms with Gasteiger partial charge >= 0.3 is 5.76 Å². The van der Waals surface area contributed by atoms with Crippen LogP contribution in [0.1, 0.15) is 24.8 Å². The minimum atomic E-state index is -2.92. The Bertz CT molecular complexity index is 641. The average molecular weight is 268 g/mol. The van der Waals surface area contributed by atoms with Crippen LogP contribution >= 0.6 is 0 Å². The number of rotatable bonds is 3. The van der Waals surface area contributed by atoms with Crippen LogP contribution in [0, 0.1) is 0 Å². The minimum Gasteiger partial charge on any atom is -0.408 e. The van der Waals surface area contributed by atoms with Crippen molar-refractivity contribution in [3.63, 3.8) is 0 Å². The topological polar surface area (TPSA) is 58.0 Å². The second-order valence-electron chi connectivity index (χ2n) is 4.93. The highest BCUT2D eigenvalue weighted by Gasteiger charge is 2.36. The molecule has 1 aliphatic rings. The van der Waals surface area contributed by atoms with Crippen LogP contribution in [0.2, 0.25) is 0 Å². The monoisotopic (exact) mass is 268 g/mol. The smallest absolute Gasteiger partial charge is 0.408 e. The molecule has 1 atom stereocenters. The predicted molar refractivity (Wildman–Crippen MR) is 66.4 cm³/mol. The molecule has 0 radical (unpaired) electrons. The van der Waals surface area contributed by atoms with Crippen molar-refractivity contribution >= 4 is 11.1 Å². The van der Waals surface area contributed by atoms with E-state index in [-0.39, 0.29) is 23.6 Å². The summed E-state index contributed by atoms with van der Waals surface area (Å²) in [6, 6.07) is 3.88. The van der Waals surface area contributed by atoms with Gasteiger partial charge in [-0.3, -0.25) is 4.98 Å². The standard InChI is InChI=1S/C13H14F2N2O2/c14-13(15,7-9-2-1-5-16-9)8-3-4-10-11(6-8)19-12(18)17-10/h3-4,6,9,16H,1-2,5,7H2,(H,17,18). The molecule has 0 saturated carbocycles. The molecule has 6 heteroatoms. The summed E-state index contributed by atoms with van der Waals surface area (Å²) in [7, 11) is 0. The van der Waals surface area contributed by atoms with Crippen molar-refractivity contribution < 1.29 is 13.2 Å². The molecule has 4 nitrogen and oxygen atoms in total. The first-order valence-corrected chi connectivity index (χ1v) is 6.29. The van der Waals surface area contributed by atoms with E-state index in [1.165, 1.54) is 18.2 Å². The maximum atomic E-state index is 14.2. The van der Waals surface area contributed by atoms with Gasteiger partial charge in [0.2, 0.25) is 0 Å². The summed E-state index contributed by atoms with van der Waals surface area (Å²) in [4.78, 5) is 13.4.